The van der Waals surface area contributed by atoms with E-state index in [-0.39, 0.29) is 0 Å². The first-order valence-electron chi connectivity index (χ1n) is 8.27. The first-order valence-corrected chi connectivity index (χ1v) is 8.27. The third-order valence-corrected chi connectivity index (χ3v) is 4.23. The van der Waals surface area contributed by atoms with Crippen molar-refractivity contribution in [2.24, 2.45) is 0 Å². The lowest BCUT2D eigenvalue weighted by molar-refractivity contribution is 0.356. The first kappa shape index (κ1) is 16.8. The summed E-state index contributed by atoms with van der Waals surface area (Å²) in [6.45, 7) is 2.12. The van der Waals surface area contributed by atoms with E-state index in [4.69, 9.17) is 14.5 Å². The van der Waals surface area contributed by atoms with Crippen LogP contribution in [0.2, 0.25) is 0 Å². The van der Waals surface area contributed by atoms with Crippen LogP contribution >= 0.6 is 0 Å². The number of hydrogen-bond acceptors (Lipinski definition) is 4. The third-order valence-electron chi connectivity index (χ3n) is 4.23. The zero-order valence-electron chi connectivity index (χ0n) is 14.7. The predicted octanol–water partition coefficient (Wildman–Crippen LogP) is 4.74. The number of aryl methyl sites for hydroxylation is 1. The Balaban J connectivity index is 2.41. The van der Waals surface area contributed by atoms with Crippen molar-refractivity contribution in [1.82, 2.24) is 4.98 Å². The summed E-state index contributed by atoms with van der Waals surface area (Å²) in [6.07, 6.45) is 1.80. The number of ether oxygens (including phenoxy) is 2. The van der Waals surface area contributed by atoms with Crippen LogP contribution in [0, 0.1) is 11.3 Å². The molecule has 0 aliphatic carbocycles. The molecule has 1 aromatic heterocycles. The van der Waals surface area contributed by atoms with Crippen molar-refractivity contribution in [3.05, 3.63) is 53.7 Å². The molecule has 3 rings (SSSR count). The molecule has 0 amide bonds. The van der Waals surface area contributed by atoms with Crippen LogP contribution in [0.3, 0.4) is 0 Å². The van der Waals surface area contributed by atoms with Gasteiger partial charge in [-0.3, -0.25) is 4.98 Å². The first-order chi connectivity index (χ1) is 12.2. The van der Waals surface area contributed by atoms with Crippen molar-refractivity contribution in [3.63, 3.8) is 0 Å². The Morgan fingerprint density at radius 1 is 1.00 bits per heavy atom. The Bertz CT molecular complexity index is 944. The Labute approximate surface area is 147 Å². The average Bonchev–Trinajstić information content (AvgIpc) is 2.67. The summed E-state index contributed by atoms with van der Waals surface area (Å²) in [5.41, 5.74) is 3.18. The van der Waals surface area contributed by atoms with E-state index < -0.39 is 0 Å². The summed E-state index contributed by atoms with van der Waals surface area (Å²) in [6, 6.07) is 16.0. The number of benzene rings is 2. The normalized spacial score (nSPS) is 10.5. The van der Waals surface area contributed by atoms with Crippen LogP contribution in [-0.2, 0) is 6.42 Å². The molecule has 126 valence electrons. The lowest BCUT2D eigenvalue weighted by Crippen LogP contribution is -2.00. The van der Waals surface area contributed by atoms with E-state index in [1.54, 1.807) is 14.2 Å². The van der Waals surface area contributed by atoms with Crippen molar-refractivity contribution in [2.45, 2.75) is 19.8 Å². The van der Waals surface area contributed by atoms with E-state index in [1.807, 2.05) is 42.5 Å². The summed E-state index contributed by atoms with van der Waals surface area (Å²) in [5, 5.41) is 11.6. The Morgan fingerprint density at radius 2 is 1.64 bits per heavy atom. The van der Waals surface area contributed by atoms with Crippen LogP contribution in [0.1, 0.15) is 24.6 Å². The van der Waals surface area contributed by atoms with Crippen LogP contribution < -0.4 is 9.47 Å². The summed E-state index contributed by atoms with van der Waals surface area (Å²) in [4.78, 5) is 4.84. The summed E-state index contributed by atoms with van der Waals surface area (Å²) in [5.74, 6) is 1.25. The molecule has 2 aromatic carbocycles. The van der Waals surface area contributed by atoms with E-state index in [2.05, 4.69) is 13.0 Å². The second-order valence-corrected chi connectivity index (χ2v) is 5.76. The molecule has 3 aromatic rings. The molecule has 4 heteroatoms. The molecule has 0 atom stereocenters. The minimum atomic E-state index is 0.557. The number of fused-ring (bicyclic) bond motifs is 1. The minimum Gasteiger partial charge on any atom is -0.493 e. The molecule has 0 fully saturated rings. The highest BCUT2D eigenvalue weighted by atomic mass is 16.5. The van der Waals surface area contributed by atoms with Crippen LogP contribution in [-0.4, -0.2) is 19.2 Å². The maximum Gasteiger partial charge on any atom is 0.161 e. The van der Waals surface area contributed by atoms with Gasteiger partial charge in [-0.05, 0) is 18.6 Å². The number of nitriles is 1. The van der Waals surface area contributed by atoms with Crippen molar-refractivity contribution in [1.29, 1.82) is 5.26 Å². The highest BCUT2D eigenvalue weighted by Gasteiger charge is 2.18. The zero-order valence-corrected chi connectivity index (χ0v) is 14.7. The molecule has 25 heavy (non-hydrogen) atoms. The number of nitrogens with zero attached hydrogens (tertiary/aromatic N) is 2. The van der Waals surface area contributed by atoms with Gasteiger partial charge in [0.1, 0.15) is 6.07 Å². The Kier molecular flexibility index (Phi) is 4.85. The van der Waals surface area contributed by atoms with Gasteiger partial charge >= 0.3 is 0 Å². The molecular formula is C21H20N2O2. The minimum absolute atomic E-state index is 0.557. The second kappa shape index (κ2) is 7.23. The predicted molar refractivity (Wildman–Crippen MR) is 99.0 cm³/mol. The molecular weight excluding hydrogens is 312 g/mol. The molecule has 0 radical (unpaired) electrons. The van der Waals surface area contributed by atoms with E-state index in [0.29, 0.717) is 22.8 Å². The van der Waals surface area contributed by atoms with Crippen LogP contribution in [0.4, 0.5) is 0 Å². The standard InChI is InChI=1S/C21H20N2O2/c1-4-8-18-16-12-20(25-3)19(24-2)11-15(16)17(13-22)21(23-18)14-9-6-5-7-10-14/h5-7,9-12H,4,8H2,1-3H3. The maximum atomic E-state index is 9.83. The van der Waals surface area contributed by atoms with Gasteiger partial charge in [0, 0.05) is 22.0 Å². The van der Waals surface area contributed by atoms with E-state index in [9.17, 15) is 5.26 Å². The zero-order chi connectivity index (χ0) is 17.8. The van der Waals surface area contributed by atoms with Gasteiger partial charge in [-0.2, -0.15) is 5.26 Å². The monoisotopic (exact) mass is 332 g/mol. The number of hydrogen-bond donors (Lipinski definition) is 0. The second-order valence-electron chi connectivity index (χ2n) is 5.76. The molecule has 4 nitrogen and oxygen atoms in total. The number of aromatic nitrogens is 1. The lowest BCUT2D eigenvalue weighted by Gasteiger charge is -2.15. The van der Waals surface area contributed by atoms with Crippen molar-refractivity contribution in [2.75, 3.05) is 14.2 Å². The average molecular weight is 332 g/mol. The van der Waals surface area contributed by atoms with Crippen molar-refractivity contribution >= 4 is 10.8 Å². The maximum absolute atomic E-state index is 9.83. The summed E-state index contributed by atoms with van der Waals surface area (Å²) in [7, 11) is 3.21. The summed E-state index contributed by atoms with van der Waals surface area (Å²) >= 11 is 0. The fourth-order valence-electron chi connectivity index (χ4n) is 3.05. The molecule has 0 bridgehead atoms. The van der Waals surface area contributed by atoms with Gasteiger partial charge in [-0.15, -0.1) is 0 Å². The smallest absolute Gasteiger partial charge is 0.161 e. The van der Waals surface area contributed by atoms with Gasteiger partial charge in [0.25, 0.3) is 0 Å². The fraction of sp³-hybridized carbons (Fsp3) is 0.238. The Hall–Kier alpha value is -3.06. The largest absolute Gasteiger partial charge is 0.493 e. The molecule has 0 saturated carbocycles. The molecule has 1 heterocycles. The highest BCUT2D eigenvalue weighted by Crippen LogP contribution is 2.37. The molecule has 0 unspecified atom stereocenters. The number of rotatable bonds is 5. The van der Waals surface area contributed by atoms with Gasteiger partial charge < -0.3 is 9.47 Å². The molecule has 0 saturated heterocycles. The SMILES string of the molecule is CCCc1nc(-c2ccccc2)c(C#N)c2cc(OC)c(OC)cc12. The van der Waals surface area contributed by atoms with Crippen LogP contribution in [0.15, 0.2) is 42.5 Å². The van der Waals surface area contributed by atoms with Gasteiger partial charge in [0.15, 0.2) is 11.5 Å². The number of pyridine rings is 1. The fourth-order valence-corrected chi connectivity index (χ4v) is 3.05. The van der Waals surface area contributed by atoms with Gasteiger partial charge in [0.05, 0.1) is 25.5 Å². The van der Waals surface area contributed by atoms with E-state index in [0.717, 1.165) is 34.9 Å². The van der Waals surface area contributed by atoms with E-state index in [1.165, 1.54) is 0 Å². The molecule has 0 spiro atoms. The molecule has 0 aliphatic heterocycles. The van der Waals surface area contributed by atoms with Crippen LogP contribution in [0.5, 0.6) is 11.5 Å². The quantitative estimate of drug-likeness (QED) is 0.677. The third kappa shape index (κ3) is 3.01. The van der Waals surface area contributed by atoms with Crippen LogP contribution in [0.25, 0.3) is 22.0 Å². The van der Waals surface area contributed by atoms with Gasteiger partial charge in [-0.1, -0.05) is 43.7 Å². The summed E-state index contributed by atoms with van der Waals surface area (Å²) < 4.78 is 10.9. The molecule has 0 N–H and O–H groups in total. The van der Waals surface area contributed by atoms with Crippen molar-refractivity contribution < 1.29 is 9.47 Å². The number of methoxy groups -OCH3 is 2. The van der Waals surface area contributed by atoms with Gasteiger partial charge in [-0.25, -0.2) is 0 Å². The molecule has 0 aliphatic rings. The van der Waals surface area contributed by atoms with Crippen molar-refractivity contribution in [3.8, 4) is 28.8 Å². The van der Waals surface area contributed by atoms with E-state index >= 15 is 0 Å². The lowest BCUT2D eigenvalue weighted by atomic mass is 9.97. The van der Waals surface area contributed by atoms with Gasteiger partial charge in [0.2, 0.25) is 0 Å². The highest BCUT2D eigenvalue weighted by molar-refractivity contribution is 5.96. The topological polar surface area (TPSA) is 55.1 Å². The Morgan fingerprint density at radius 3 is 2.20 bits per heavy atom.